The fourth-order valence-electron chi connectivity index (χ4n) is 2.94. The fraction of sp³-hybridized carbons (Fsp3) is 0.300. The first-order valence-electron chi connectivity index (χ1n) is 8.68. The Labute approximate surface area is 176 Å². The number of nitrogens with zero attached hydrogens (tertiary/aromatic N) is 1. The van der Waals surface area contributed by atoms with Crippen LogP contribution in [0.2, 0.25) is 5.02 Å². The average Bonchev–Trinajstić information content (AvgIpc) is 2.85. The summed E-state index contributed by atoms with van der Waals surface area (Å²) in [5.41, 5.74) is 1.35. The average molecular weight is 469 g/mol. The van der Waals surface area contributed by atoms with E-state index in [1.807, 2.05) is 26.0 Å². The van der Waals surface area contributed by atoms with E-state index in [2.05, 4.69) is 15.9 Å². The van der Waals surface area contributed by atoms with Gasteiger partial charge in [0.05, 0.1) is 24.0 Å². The van der Waals surface area contributed by atoms with Crippen LogP contribution in [0.5, 0.6) is 11.5 Å². The fourth-order valence-corrected chi connectivity index (χ4v) is 3.50. The lowest BCUT2D eigenvalue weighted by atomic mass is 10.1. The molecule has 0 radical (unpaired) electrons. The highest BCUT2D eigenvalue weighted by Gasteiger charge is 2.36. The van der Waals surface area contributed by atoms with Gasteiger partial charge in [0.1, 0.15) is 17.6 Å². The highest BCUT2D eigenvalue weighted by Crippen LogP contribution is 2.35. The summed E-state index contributed by atoms with van der Waals surface area (Å²) in [5, 5.41) is 9.36. The number of halogens is 2. The molecule has 1 saturated heterocycles. The van der Waals surface area contributed by atoms with Gasteiger partial charge in [0.2, 0.25) is 0 Å². The molecule has 6 nitrogen and oxygen atoms in total. The minimum atomic E-state index is -0.937. The van der Waals surface area contributed by atoms with E-state index in [9.17, 15) is 9.59 Å². The zero-order chi connectivity index (χ0) is 20.4. The first kappa shape index (κ1) is 20.5. The second kappa shape index (κ2) is 8.41. The second-order valence-electron chi connectivity index (χ2n) is 6.65. The number of carboxylic acids is 1. The number of rotatable bonds is 6. The number of benzene rings is 2. The van der Waals surface area contributed by atoms with Gasteiger partial charge in [-0.05, 0) is 49.7 Å². The van der Waals surface area contributed by atoms with Crippen molar-refractivity contribution in [3.05, 3.63) is 57.0 Å². The number of amides is 1. The van der Waals surface area contributed by atoms with Gasteiger partial charge < -0.3 is 14.6 Å². The molecule has 1 fully saturated rings. The van der Waals surface area contributed by atoms with Gasteiger partial charge in [-0.1, -0.05) is 33.6 Å². The summed E-state index contributed by atoms with van der Waals surface area (Å²) in [5.74, 6) is -0.0558. The Hall–Kier alpha value is -2.25. The van der Waals surface area contributed by atoms with Gasteiger partial charge in [-0.2, -0.15) is 0 Å². The number of aliphatic carboxylic acids is 1. The number of hydrogen-bond donors (Lipinski definition) is 1. The van der Waals surface area contributed by atoms with E-state index < -0.39 is 5.97 Å². The molecule has 2 aromatic rings. The van der Waals surface area contributed by atoms with E-state index in [0.717, 1.165) is 10.0 Å². The minimum Gasteiger partial charge on any atom is -0.481 e. The third kappa shape index (κ3) is 4.59. The van der Waals surface area contributed by atoms with Crippen molar-refractivity contribution >= 4 is 39.6 Å². The molecular weight excluding hydrogens is 450 g/mol. The molecule has 3 rings (SSSR count). The lowest BCUT2D eigenvalue weighted by Crippen LogP contribution is -2.32. The van der Waals surface area contributed by atoms with Gasteiger partial charge in [0.15, 0.2) is 0 Å². The number of carboxylic acid groups (broad SMARTS) is 1. The highest BCUT2D eigenvalue weighted by molar-refractivity contribution is 9.10. The Balaban J connectivity index is 1.89. The van der Waals surface area contributed by atoms with E-state index in [4.69, 9.17) is 26.2 Å². The normalized spacial score (nSPS) is 18.9. The van der Waals surface area contributed by atoms with Crippen molar-refractivity contribution in [2.75, 3.05) is 0 Å². The molecule has 28 heavy (non-hydrogen) atoms. The molecule has 1 amide bonds. The first-order valence-corrected chi connectivity index (χ1v) is 9.85. The summed E-state index contributed by atoms with van der Waals surface area (Å²) in [7, 11) is 0. The Bertz CT molecular complexity index is 919. The van der Waals surface area contributed by atoms with Gasteiger partial charge in [-0.3, -0.25) is 9.69 Å². The Morgan fingerprint density at radius 2 is 2.00 bits per heavy atom. The van der Waals surface area contributed by atoms with Crippen molar-refractivity contribution in [3.8, 4) is 11.5 Å². The van der Waals surface area contributed by atoms with Crippen LogP contribution in [0.4, 0.5) is 4.79 Å². The molecule has 148 valence electrons. The summed E-state index contributed by atoms with van der Waals surface area (Å²) in [6, 6.07) is 10.3. The van der Waals surface area contributed by atoms with Crippen LogP contribution in [0.1, 0.15) is 25.0 Å². The smallest absolute Gasteiger partial charge is 0.410 e. The molecule has 1 N–H and O–H groups in total. The molecule has 0 spiro atoms. The van der Waals surface area contributed by atoms with Crippen LogP contribution in [0, 0.1) is 0 Å². The van der Waals surface area contributed by atoms with Crippen LogP contribution in [-0.2, 0) is 22.5 Å². The SMILES string of the molecule is C[C@@H]1OC(=O)N(Cc2cc(Br)ccc2Oc2cc(CC(=O)O)ccc2Cl)[C@@H]1C. The topological polar surface area (TPSA) is 76.1 Å². The first-order chi connectivity index (χ1) is 13.2. The number of ether oxygens (including phenoxy) is 2. The van der Waals surface area contributed by atoms with Crippen LogP contribution >= 0.6 is 27.5 Å². The molecular formula is C20H19BrClNO5. The number of carbonyl (C=O) groups excluding carboxylic acids is 1. The molecule has 0 aliphatic carbocycles. The second-order valence-corrected chi connectivity index (χ2v) is 7.97. The Morgan fingerprint density at radius 1 is 1.25 bits per heavy atom. The molecule has 0 saturated carbocycles. The van der Waals surface area contributed by atoms with Gasteiger partial charge in [-0.15, -0.1) is 0 Å². The quantitative estimate of drug-likeness (QED) is 0.626. The van der Waals surface area contributed by atoms with E-state index >= 15 is 0 Å². The van der Waals surface area contributed by atoms with Crippen molar-refractivity contribution in [1.29, 1.82) is 0 Å². The summed E-state index contributed by atoms with van der Waals surface area (Å²) in [4.78, 5) is 24.7. The zero-order valence-corrected chi connectivity index (χ0v) is 17.7. The Kier molecular flexibility index (Phi) is 6.15. The number of hydrogen-bond acceptors (Lipinski definition) is 4. The molecule has 2 atom stereocenters. The monoisotopic (exact) mass is 467 g/mol. The summed E-state index contributed by atoms with van der Waals surface area (Å²) in [6.45, 7) is 4.10. The molecule has 0 unspecified atom stereocenters. The molecule has 0 bridgehead atoms. The summed E-state index contributed by atoms with van der Waals surface area (Å²) >= 11 is 9.68. The maximum atomic E-state index is 12.1. The van der Waals surface area contributed by atoms with Crippen molar-refractivity contribution < 1.29 is 24.2 Å². The van der Waals surface area contributed by atoms with Crippen LogP contribution in [-0.4, -0.2) is 34.2 Å². The number of carbonyl (C=O) groups is 2. The largest absolute Gasteiger partial charge is 0.481 e. The lowest BCUT2D eigenvalue weighted by molar-refractivity contribution is -0.136. The van der Waals surface area contributed by atoms with Gasteiger partial charge in [0, 0.05) is 10.0 Å². The molecule has 8 heteroatoms. The summed E-state index contributed by atoms with van der Waals surface area (Å²) < 4.78 is 12.1. The summed E-state index contributed by atoms with van der Waals surface area (Å²) in [6.07, 6.45) is -0.686. The van der Waals surface area contributed by atoms with Crippen molar-refractivity contribution in [2.45, 2.75) is 39.0 Å². The predicted octanol–water partition coefficient (Wildman–Crippen LogP) is 5.25. The van der Waals surface area contributed by atoms with E-state index in [-0.39, 0.29) is 24.7 Å². The maximum Gasteiger partial charge on any atom is 0.410 e. The Morgan fingerprint density at radius 3 is 2.64 bits per heavy atom. The van der Waals surface area contributed by atoms with E-state index in [0.29, 0.717) is 28.6 Å². The lowest BCUT2D eigenvalue weighted by Gasteiger charge is -2.21. The third-order valence-corrected chi connectivity index (χ3v) is 5.43. The van der Waals surface area contributed by atoms with Crippen LogP contribution in [0.15, 0.2) is 40.9 Å². The standard InChI is InChI=1S/C20H19BrClNO5/c1-11-12(2)27-20(26)23(11)10-14-9-15(21)4-6-17(14)28-18-7-13(8-19(24)25)3-5-16(18)22/h3-7,9,11-12H,8,10H2,1-2H3,(H,24,25)/t11-,12+/m1/s1. The highest BCUT2D eigenvalue weighted by atomic mass is 79.9. The minimum absolute atomic E-state index is 0.0678. The van der Waals surface area contributed by atoms with Crippen molar-refractivity contribution in [3.63, 3.8) is 0 Å². The van der Waals surface area contributed by atoms with Crippen molar-refractivity contribution in [1.82, 2.24) is 4.90 Å². The van der Waals surface area contributed by atoms with Gasteiger partial charge in [-0.25, -0.2) is 4.79 Å². The molecule has 0 aromatic heterocycles. The van der Waals surface area contributed by atoms with Gasteiger partial charge >= 0.3 is 12.1 Å². The predicted molar refractivity (Wildman–Crippen MR) is 108 cm³/mol. The maximum absolute atomic E-state index is 12.1. The molecule has 1 aliphatic rings. The van der Waals surface area contributed by atoms with Crippen LogP contribution in [0.25, 0.3) is 0 Å². The number of cyclic esters (lactones) is 1. The van der Waals surface area contributed by atoms with Gasteiger partial charge in [0.25, 0.3) is 0 Å². The zero-order valence-electron chi connectivity index (χ0n) is 15.3. The van der Waals surface area contributed by atoms with Crippen molar-refractivity contribution in [2.24, 2.45) is 0 Å². The third-order valence-electron chi connectivity index (χ3n) is 4.63. The molecule has 2 aromatic carbocycles. The molecule has 1 heterocycles. The van der Waals surface area contributed by atoms with Crippen LogP contribution in [0.3, 0.4) is 0 Å². The van der Waals surface area contributed by atoms with E-state index in [1.165, 1.54) is 0 Å². The van der Waals surface area contributed by atoms with E-state index in [1.54, 1.807) is 29.2 Å². The molecule has 1 aliphatic heterocycles. The van der Waals surface area contributed by atoms with Crippen LogP contribution < -0.4 is 4.74 Å².